The van der Waals surface area contributed by atoms with Gasteiger partial charge in [-0.05, 0) is 11.6 Å². The lowest BCUT2D eigenvalue weighted by molar-refractivity contribution is -0.119. The largest absolute Gasteiger partial charge is 0.306 e. The van der Waals surface area contributed by atoms with Crippen LogP contribution in [-0.4, -0.2) is 21.2 Å². The second-order valence-corrected chi connectivity index (χ2v) is 6.32. The van der Waals surface area contributed by atoms with Gasteiger partial charge in [0, 0.05) is 23.8 Å². The maximum atomic E-state index is 14.3. The monoisotopic (exact) mass is 358 g/mol. The second-order valence-electron chi connectivity index (χ2n) is 5.27. The summed E-state index contributed by atoms with van der Waals surface area (Å²) in [6.07, 6.45) is 2.94. The minimum Gasteiger partial charge on any atom is -0.292 e. The highest BCUT2D eigenvalue weighted by atomic mass is 32.2. The number of carbonyl (C=O) groups excluding carboxylic acids is 2. The van der Waals surface area contributed by atoms with Crippen LogP contribution in [0, 0.1) is 5.82 Å². The first-order valence-corrected chi connectivity index (χ1v) is 8.43. The van der Waals surface area contributed by atoms with Crippen LogP contribution in [-0.2, 0) is 10.5 Å². The number of carbonyl (C=O) groups is 2. The highest BCUT2D eigenvalue weighted by molar-refractivity contribution is 7.98. The fraction of sp³-hybridized carbons (Fsp3) is 0.118. The summed E-state index contributed by atoms with van der Waals surface area (Å²) in [5, 5.41) is 0. The molecule has 0 bridgehead atoms. The molecule has 25 heavy (non-hydrogen) atoms. The first-order valence-electron chi connectivity index (χ1n) is 7.45. The van der Waals surface area contributed by atoms with E-state index in [1.165, 1.54) is 35.3 Å². The predicted octanol–water partition coefficient (Wildman–Crippen LogP) is 2.55. The normalized spacial score (nSPS) is 10.6. The molecule has 0 atom stereocenters. The van der Waals surface area contributed by atoms with Gasteiger partial charge < -0.3 is 0 Å². The average molecular weight is 358 g/mol. The number of rotatable bonds is 4. The van der Waals surface area contributed by atoms with Crippen molar-refractivity contribution in [2.75, 3.05) is 0 Å². The maximum absolute atomic E-state index is 14.3. The summed E-state index contributed by atoms with van der Waals surface area (Å²) in [7, 11) is 0. The van der Waals surface area contributed by atoms with Crippen LogP contribution in [0.5, 0.6) is 0 Å². The van der Waals surface area contributed by atoms with E-state index in [4.69, 9.17) is 0 Å². The molecular weight excluding hydrogens is 343 g/mol. The average Bonchev–Trinajstić information content (AvgIpc) is 3.03. The van der Waals surface area contributed by atoms with E-state index < -0.39 is 17.6 Å². The SMILES string of the molecule is CC(=O)NNC(=O)c1ncc2c(F)cc(SCc3ccccc3)cn12. The summed E-state index contributed by atoms with van der Waals surface area (Å²) in [4.78, 5) is 27.6. The molecule has 0 saturated heterocycles. The third-order valence-corrected chi connectivity index (χ3v) is 4.40. The summed E-state index contributed by atoms with van der Waals surface area (Å²) < 4.78 is 15.7. The van der Waals surface area contributed by atoms with Crippen molar-refractivity contribution in [3.05, 3.63) is 66.0 Å². The Morgan fingerprint density at radius 2 is 2.00 bits per heavy atom. The van der Waals surface area contributed by atoms with E-state index in [-0.39, 0.29) is 11.3 Å². The Bertz CT molecular complexity index is 927. The van der Waals surface area contributed by atoms with Crippen LogP contribution in [0.1, 0.15) is 23.1 Å². The molecule has 1 aromatic carbocycles. The summed E-state index contributed by atoms with van der Waals surface area (Å²) in [6.45, 7) is 1.27. The zero-order valence-electron chi connectivity index (χ0n) is 13.3. The molecule has 0 aliphatic rings. The lowest BCUT2D eigenvalue weighted by Crippen LogP contribution is -2.41. The van der Waals surface area contributed by atoms with Gasteiger partial charge in [0.2, 0.25) is 11.7 Å². The molecule has 2 N–H and O–H groups in total. The van der Waals surface area contributed by atoms with Gasteiger partial charge in [-0.25, -0.2) is 9.37 Å². The van der Waals surface area contributed by atoms with Gasteiger partial charge in [-0.1, -0.05) is 30.3 Å². The third-order valence-electron chi connectivity index (χ3n) is 3.37. The second kappa shape index (κ2) is 7.35. The molecule has 3 rings (SSSR count). The van der Waals surface area contributed by atoms with Gasteiger partial charge in [0.15, 0.2) is 0 Å². The highest BCUT2D eigenvalue weighted by Crippen LogP contribution is 2.25. The van der Waals surface area contributed by atoms with Crippen LogP contribution < -0.4 is 10.9 Å². The van der Waals surface area contributed by atoms with Gasteiger partial charge in [-0.3, -0.25) is 24.8 Å². The van der Waals surface area contributed by atoms with Gasteiger partial charge in [0.05, 0.1) is 6.20 Å². The van der Waals surface area contributed by atoms with Gasteiger partial charge >= 0.3 is 5.91 Å². The highest BCUT2D eigenvalue weighted by Gasteiger charge is 2.16. The summed E-state index contributed by atoms with van der Waals surface area (Å²) in [5.74, 6) is -0.846. The number of hydrogen-bond donors (Lipinski definition) is 2. The molecule has 0 saturated carbocycles. The van der Waals surface area contributed by atoms with E-state index in [2.05, 4.69) is 15.8 Å². The Hall–Kier alpha value is -2.87. The van der Waals surface area contributed by atoms with E-state index in [0.29, 0.717) is 10.6 Å². The number of hydrazine groups is 1. The van der Waals surface area contributed by atoms with Crippen LogP contribution >= 0.6 is 11.8 Å². The van der Waals surface area contributed by atoms with Crippen molar-refractivity contribution in [2.45, 2.75) is 17.6 Å². The van der Waals surface area contributed by atoms with E-state index >= 15 is 0 Å². The smallest absolute Gasteiger partial charge is 0.292 e. The van der Waals surface area contributed by atoms with E-state index in [1.807, 2.05) is 30.3 Å². The van der Waals surface area contributed by atoms with E-state index in [9.17, 15) is 14.0 Å². The van der Waals surface area contributed by atoms with E-state index in [0.717, 1.165) is 5.56 Å². The van der Waals surface area contributed by atoms with Crippen LogP contribution in [0.4, 0.5) is 4.39 Å². The molecule has 0 unspecified atom stereocenters. The third kappa shape index (κ3) is 3.97. The Balaban J connectivity index is 1.85. The molecule has 0 fully saturated rings. The number of halogens is 1. The minimum atomic E-state index is -0.625. The molecule has 3 aromatic rings. The molecule has 8 heteroatoms. The van der Waals surface area contributed by atoms with Gasteiger partial charge in [0.1, 0.15) is 11.3 Å². The molecular formula is C17H15FN4O2S. The quantitative estimate of drug-likeness (QED) is 0.555. The summed E-state index contributed by atoms with van der Waals surface area (Å²) in [6, 6.07) is 11.2. The lowest BCUT2D eigenvalue weighted by Gasteiger charge is -2.07. The van der Waals surface area contributed by atoms with Gasteiger partial charge in [-0.2, -0.15) is 0 Å². The van der Waals surface area contributed by atoms with Crippen LogP contribution in [0.25, 0.3) is 5.52 Å². The van der Waals surface area contributed by atoms with Gasteiger partial charge in [0.25, 0.3) is 0 Å². The molecule has 2 heterocycles. The first kappa shape index (κ1) is 17.0. The molecule has 0 radical (unpaired) electrons. The number of imidazole rings is 1. The number of nitrogens with zero attached hydrogens (tertiary/aromatic N) is 2. The Labute approximate surface area is 147 Å². The molecule has 128 valence electrons. The number of thioether (sulfide) groups is 1. The van der Waals surface area contributed by atoms with Crippen LogP contribution in [0.15, 0.2) is 53.7 Å². The maximum Gasteiger partial charge on any atom is 0.306 e. The van der Waals surface area contributed by atoms with Crippen molar-refractivity contribution in [1.82, 2.24) is 20.2 Å². The lowest BCUT2D eigenvalue weighted by atomic mass is 10.2. The number of benzene rings is 1. The zero-order valence-corrected chi connectivity index (χ0v) is 14.1. The van der Waals surface area contributed by atoms with Crippen molar-refractivity contribution < 1.29 is 14.0 Å². The number of nitrogens with one attached hydrogen (secondary N) is 2. The first-order chi connectivity index (χ1) is 12.0. The number of fused-ring (bicyclic) bond motifs is 1. The Kier molecular flexibility index (Phi) is 4.99. The minimum absolute atomic E-state index is 0.00943. The zero-order chi connectivity index (χ0) is 17.8. The van der Waals surface area contributed by atoms with Crippen molar-refractivity contribution in [3.63, 3.8) is 0 Å². The van der Waals surface area contributed by atoms with Crippen molar-refractivity contribution in [1.29, 1.82) is 0 Å². The molecule has 2 amide bonds. The van der Waals surface area contributed by atoms with Crippen molar-refractivity contribution in [3.8, 4) is 0 Å². The molecule has 0 aliphatic heterocycles. The van der Waals surface area contributed by atoms with Crippen LogP contribution in [0.3, 0.4) is 0 Å². The topological polar surface area (TPSA) is 75.5 Å². The van der Waals surface area contributed by atoms with Crippen molar-refractivity contribution >= 4 is 29.1 Å². The van der Waals surface area contributed by atoms with Gasteiger partial charge in [-0.15, -0.1) is 11.8 Å². The molecule has 2 aromatic heterocycles. The Morgan fingerprint density at radius 1 is 1.24 bits per heavy atom. The predicted molar refractivity (Wildman–Crippen MR) is 92.4 cm³/mol. The molecule has 0 spiro atoms. The number of amides is 2. The van der Waals surface area contributed by atoms with Crippen molar-refractivity contribution in [2.24, 2.45) is 0 Å². The standard InChI is InChI=1S/C17H15FN4O2S/c1-11(23)20-21-17(24)16-19-8-15-14(18)7-13(9-22(15)16)25-10-12-5-3-2-4-6-12/h2-9H,10H2,1H3,(H,20,23)(H,21,24). The number of hydrogen-bond acceptors (Lipinski definition) is 4. The van der Waals surface area contributed by atoms with E-state index in [1.54, 1.807) is 6.20 Å². The summed E-state index contributed by atoms with van der Waals surface area (Å²) in [5.41, 5.74) is 5.71. The Morgan fingerprint density at radius 3 is 2.72 bits per heavy atom. The number of aromatic nitrogens is 2. The molecule has 0 aliphatic carbocycles. The fourth-order valence-electron chi connectivity index (χ4n) is 2.22. The number of pyridine rings is 1. The molecule has 6 nitrogen and oxygen atoms in total. The summed E-state index contributed by atoms with van der Waals surface area (Å²) >= 11 is 1.45. The fourth-order valence-corrected chi connectivity index (χ4v) is 3.11. The van der Waals surface area contributed by atoms with Crippen LogP contribution in [0.2, 0.25) is 0 Å².